The summed E-state index contributed by atoms with van der Waals surface area (Å²) in [7, 11) is 0. The summed E-state index contributed by atoms with van der Waals surface area (Å²) in [5.74, 6) is -0.0398. The molecule has 112 valence electrons. The van der Waals surface area contributed by atoms with Gasteiger partial charge >= 0.3 is 5.97 Å². The summed E-state index contributed by atoms with van der Waals surface area (Å²) < 4.78 is 4.90. The first kappa shape index (κ1) is 18.2. The van der Waals surface area contributed by atoms with Gasteiger partial charge in [0.15, 0.2) is 0 Å². The predicted molar refractivity (Wildman–Crippen MR) is 82.2 cm³/mol. The fourth-order valence-corrected chi connectivity index (χ4v) is 2.21. The van der Waals surface area contributed by atoms with Crippen LogP contribution in [0.3, 0.4) is 0 Å². The molecule has 0 amide bonds. The molecule has 0 aliphatic carbocycles. The number of unbranched alkanes of at least 4 members (excludes halogenated alkanes) is 10. The third-order valence-corrected chi connectivity index (χ3v) is 3.34. The Morgan fingerprint density at radius 1 is 0.895 bits per heavy atom. The van der Waals surface area contributed by atoms with Gasteiger partial charge in [-0.15, -0.1) is 6.58 Å². The van der Waals surface area contributed by atoms with Crippen LogP contribution >= 0.6 is 0 Å². The first-order chi connectivity index (χ1) is 9.31. The minimum Gasteiger partial charge on any atom is -0.466 e. The molecule has 19 heavy (non-hydrogen) atoms. The molecule has 0 unspecified atom stereocenters. The van der Waals surface area contributed by atoms with Gasteiger partial charge in [0.05, 0.1) is 6.61 Å². The fraction of sp³-hybridized carbons (Fsp3) is 0.824. The number of rotatable bonds is 14. The summed E-state index contributed by atoms with van der Waals surface area (Å²) in [6, 6.07) is 0. The second-order valence-electron chi connectivity index (χ2n) is 5.17. The van der Waals surface area contributed by atoms with Gasteiger partial charge in [0, 0.05) is 6.42 Å². The van der Waals surface area contributed by atoms with Crippen LogP contribution in [0.1, 0.15) is 84.0 Å². The number of carbonyl (C=O) groups is 1. The lowest BCUT2D eigenvalue weighted by molar-refractivity contribution is -0.143. The lowest BCUT2D eigenvalue weighted by atomic mass is 10.1. The molecular weight excluding hydrogens is 236 g/mol. The molecule has 0 N–H and O–H groups in total. The molecule has 0 bridgehead atoms. The molecule has 0 aliphatic rings. The van der Waals surface area contributed by atoms with Gasteiger partial charge in [-0.3, -0.25) is 4.79 Å². The summed E-state index contributed by atoms with van der Waals surface area (Å²) >= 11 is 0. The SMILES string of the molecule is C=CCCCCCCCCCCCCC(=O)OCC. The highest BCUT2D eigenvalue weighted by Gasteiger charge is 2.00. The average Bonchev–Trinajstić information content (AvgIpc) is 2.40. The Labute approximate surface area is 119 Å². The van der Waals surface area contributed by atoms with Crippen LogP contribution in [0.15, 0.2) is 12.7 Å². The van der Waals surface area contributed by atoms with Crippen molar-refractivity contribution in [3.8, 4) is 0 Å². The molecule has 2 heteroatoms. The Kier molecular flexibility index (Phi) is 14.6. The lowest BCUT2D eigenvalue weighted by Crippen LogP contribution is -2.03. The minimum atomic E-state index is -0.0398. The van der Waals surface area contributed by atoms with Crippen molar-refractivity contribution in [1.82, 2.24) is 0 Å². The average molecular weight is 268 g/mol. The second kappa shape index (κ2) is 15.3. The van der Waals surface area contributed by atoms with E-state index in [9.17, 15) is 4.79 Å². The zero-order chi connectivity index (χ0) is 14.2. The van der Waals surface area contributed by atoms with E-state index >= 15 is 0 Å². The molecule has 0 heterocycles. The third-order valence-electron chi connectivity index (χ3n) is 3.34. The number of allylic oxidation sites excluding steroid dienone is 1. The molecule has 2 nitrogen and oxygen atoms in total. The topological polar surface area (TPSA) is 26.3 Å². The normalized spacial score (nSPS) is 10.4. The van der Waals surface area contributed by atoms with Crippen LogP contribution in [0.25, 0.3) is 0 Å². The Bertz CT molecular complexity index is 211. The quantitative estimate of drug-likeness (QED) is 0.239. The molecular formula is C17H32O2. The Morgan fingerprint density at radius 3 is 1.84 bits per heavy atom. The van der Waals surface area contributed by atoms with Gasteiger partial charge in [-0.1, -0.05) is 57.4 Å². The van der Waals surface area contributed by atoms with Gasteiger partial charge in [-0.05, 0) is 26.2 Å². The third kappa shape index (κ3) is 15.2. The van der Waals surface area contributed by atoms with E-state index in [0.29, 0.717) is 13.0 Å². The zero-order valence-electron chi connectivity index (χ0n) is 12.8. The maximum absolute atomic E-state index is 11.1. The maximum atomic E-state index is 11.1. The van der Waals surface area contributed by atoms with E-state index in [0.717, 1.165) is 12.8 Å². The van der Waals surface area contributed by atoms with Gasteiger partial charge in [0.2, 0.25) is 0 Å². The van der Waals surface area contributed by atoms with Gasteiger partial charge in [-0.2, -0.15) is 0 Å². The van der Waals surface area contributed by atoms with E-state index in [1.165, 1.54) is 57.8 Å². The summed E-state index contributed by atoms with van der Waals surface area (Å²) in [5, 5.41) is 0. The van der Waals surface area contributed by atoms with E-state index in [2.05, 4.69) is 6.58 Å². The van der Waals surface area contributed by atoms with E-state index < -0.39 is 0 Å². The highest BCUT2D eigenvalue weighted by molar-refractivity contribution is 5.69. The van der Waals surface area contributed by atoms with Gasteiger partial charge in [0.1, 0.15) is 0 Å². The Morgan fingerprint density at radius 2 is 1.37 bits per heavy atom. The van der Waals surface area contributed by atoms with Gasteiger partial charge < -0.3 is 4.74 Å². The molecule has 0 saturated carbocycles. The summed E-state index contributed by atoms with van der Waals surface area (Å²) in [4.78, 5) is 11.1. The van der Waals surface area contributed by atoms with E-state index in [1.54, 1.807) is 0 Å². The molecule has 0 rings (SSSR count). The zero-order valence-corrected chi connectivity index (χ0v) is 12.8. The van der Waals surface area contributed by atoms with Crippen molar-refractivity contribution in [1.29, 1.82) is 0 Å². The van der Waals surface area contributed by atoms with Crippen LogP contribution < -0.4 is 0 Å². The molecule has 0 radical (unpaired) electrons. The van der Waals surface area contributed by atoms with Crippen molar-refractivity contribution in [3.63, 3.8) is 0 Å². The predicted octanol–water partition coefficient (Wildman–Crippen LogP) is 5.42. The summed E-state index contributed by atoms with van der Waals surface area (Å²) in [6.07, 6.45) is 16.6. The maximum Gasteiger partial charge on any atom is 0.305 e. The Balaban J connectivity index is 3.02. The van der Waals surface area contributed by atoms with E-state index in [4.69, 9.17) is 4.74 Å². The van der Waals surface area contributed by atoms with Crippen LogP contribution in [0, 0.1) is 0 Å². The van der Waals surface area contributed by atoms with Crippen molar-refractivity contribution >= 4 is 5.97 Å². The fourth-order valence-electron chi connectivity index (χ4n) is 2.21. The first-order valence-electron chi connectivity index (χ1n) is 8.07. The lowest BCUT2D eigenvalue weighted by Gasteiger charge is -2.03. The van der Waals surface area contributed by atoms with Crippen molar-refractivity contribution in [2.45, 2.75) is 84.0 Å². The van der Waals surface area contributed by atoms with Crippen molar-refractivity contribution < 1.29 is 9.53 Å². The molecule has 0 aromatic carbocycles. The molecule has 0 saturated heterocycles. The van der Waals surface area contributed by atoms with E-state index in [-0.39, 0.29) is 5.97 Å². The van der Waals surface area contributed by atoms with Crippen molar-refractivity contribution in [2.75, 3.05) is 6.61 Å². The Hall–Kier alpha value is -0.790. The van der Waals surface area contributed by atoms with Crippen LogP contribution in [-0.4, -0.2) is 12.6 Å². The largest absolute Gasteiger partial charge is 0.466 e. The van der Waals surface area contributed by atoms with Crippen LogP contribution in [0.4, 0.5) is 0 Å². The van der Waals surface area contributed by atoms with E-state index in [1.807, 2.05) is 13.0 Å². The number of esters is 1. The molecule has 0 aromatic rings. The number of carbonyl (C=O) groups excluding carboxylic acids is 1. The molecule has 0 spiro atoms. The van der Waals surface area contributed by atoms with Crippen LogP contribution in [0.2, 0.25) is 0 Å². The molecule has 0 aliphatic heterocycles. The summed E-state index contributed by atoms with van der Waals surface area (Å²) in [5.41, 5.74) is 0. The molecule has 0 fully saturated rings. The van der Waals surface area contributed by atoms with Gasteiger partial charge in [0.25, 0.3) is 0 Å². The molecule has 0 aromatic heterocycles. The summed E-state index contributed by atoms with van der Waals surface area (Å²) in [6.45, 7) is 6.10. The van der Waals surface area contributed by atoms with Gasteiger partial charge in [-0.25, -0.2) is 0 Å². The van der Waals surface area contributed by atoms with Crippen molar-refractivity contribution in [2.24, 2.45) is 0 Å². The number of hydrogen-bond acceptors (Lipinski definition) is 2. The molecule has 0 atom stereocenters. The highest BCUT2D eigenvalue weighted by Crippen LogP contribution is 2.12. The number of ether oxygens (including phenoxy) is 1. The highest BCUT2D eigenvalue weighted by atomic mass is 16.5. The minimum absolute atomic E-state index is 0.0398. The van der Waals surface area contributed by atoms with Crippen LogP contribution in [-0.2, 0) is 9.53 Å². The second-order valence-corrected chi connectivity index (χ2v) is 5.17. The van der Waals surface area contributed by atoms with Crippen molar-refractivity contribution in [3.05, 3.63) is 12.7 Å². The first-order valence-corrected chi connectivity index (χ1v) is 8.07. The smallest absolute Gasteiger partial charge is 0.305 e. The number of hydrogen-bond donors (Lipinski definition) is 0. The van der Waals surface area contributed by atoms with Crippen LogP contribution in [0.5, 0.6) is 0 Å². The standard InChI is InChI=1S/C17H32O2/c1-3-5-6-7-8-9-10-11-12-13-14-15-16-17(18)19-4-2/h3H,1,4-16H2,2H3. The monoisotopic (exact) mass is 268 g/mol.